The predicted octanol–water partition coefficient (Wildman–Crippen LogP) is 5.02. The molecule has 0 radical (unpaired) electrons. The molecule has 49 heavy (non-hydrogen) atoms. The van der Waals surface area contributed by atoms with E-state index in [1.807, 2.05) is 0 Å². The number of benzene rings is 5. The Morgan fingerprint density at radius 3 is 1.35 bits per heavy atom. The van der Waals surface area contributed by atoms with E-state index in [0.29, 0.717) is 26.8 Å². The van der Waals surface area contributed by atoms with Crippen LogP contribution in [0.4, 0.5) is 17.6 Å². The van der Waals surface area contributed by atoms with E-state index in [4.69, 9.17) is 13.8 Å². The van der Waals surface area contributed by atoms with Gasteiger partial charge in [0.2, 0.25) is 0 Å². The number of fused-ring (bicyclic) bond motifs is 1. The minimum absolute atomic E-state index is 0.490. The second kappa shape index (κ2) is 14.0. The predicted molar refractivity (Wildman–Crippen MR) is 179 cm³/mol. The third-order valence-electron chi connectivity index (χ3n) is 8.78. The zero-order valence-electron chi connectivity index (χ0n) is 25.6. The van der Waals surface area contributed by atoms with E-state index in [-0.39, 0.29) is 0 Å². The maximum Gasteiger partial charge on any atom is 0.184 e. The first-order valence-electron chi connectivity index (χ1n) is 15.4. The fraction of sp³-hybridized carbons (Fsp3) is 0.189. The van der Waals surface area contributed by atoms with Gasteiger partial charge in [0, 0.05) is 27.1 Å². The van der Waals surface area contributed by atoms with Crippen molar-refractivity contribution in [1.82, 2.24) is 0 Å². The average molecular weight is 709 g/mol. The van der Waals surface area contributed by atoms with Crippen LogP contribution >= 0.6 is 16.3 Å². The highest BCUT2D eigenvalue weighted by Gasteiger charge is 2.72. The summed E-state index contributed by atoms with van der Waals surface area (Å²) in [6.45, 7) is 0. The number of hydrogen-bond donors (Lipinski definition) is 3. The summed E-state index contributed by atoms with van der Waals surface area (Å²) in [5.74, 6) is -2.92. The highest BCUT2D eigenvalue weighted by molar-refractivity contribution is 7.69. The molecule has 7 rings (SSSR count). The minimum atomic E-state index is -1.99. The van der Waals surface area contributed by atoms with Crippen LogP contribution in [0.1, 0.15) is 11.5 Å². The fourth-order valence-corrected chi connectivity index (χ4v) is 10.1. The topological polar surface area (TPSA) is 88.4 Å². The molecule has 1 heterocycles. The molecular weight excluding hydrogens is 678 g/mol. The molecule has 1 saturated heterocycles. The van der Waals surface area contributed by atoms with Gasteiger partial charge in [-0.1, -0.05) is 30.3 Å². The summed E-state index contributed by atoms with van der Waals surface area (Å²) in [4.78, 5) is 0. The number of aliphatic hydroxyl groups is 3. The molecule has 5 aromatic rings. The molecule has 1 aliphatic carbocycles. The van der Waals surface area contributed by atoms with E-state index < -0.39 is 81.8 Å². The van der Waals surface area contributed by atoms with Gasteiger partial charge in [0.25, 0.3) is 0 Å². The van der Waals surface area contributed by atoms with Gasteiger partial charge in [-0.2, -0.15) is 0 Å². The van der Waals surface area contributed by atoms with E-state index in [9.17, 15) is 32.9 Å². The molecule has 0 amide bonds. The lowest BCUT2D eigenvalue weighted by atomic mass is 9.57. The lowest BCUT2D eigenvalue weighted by molar-refractivity contribution is -0.371. The molecule has 2 fully saturated rings. The smallest absolute Gasteiger partial charge is 0.184 e. The van der Waals surface area contributed by atoms with Crippen molar-refractivity contribution >= 4 is 37.5 Å². The van der Waals surface area contributed by atoms with E-state index in [0.717, 1.165) is 0 Å². The van der Waals surface area contributed by atoms with E-state index in [2.05, 4.69) is 0 Å². The SMILES string of the molecule is OC1C(c2ccccc2)[C@@]2(O)[C@@H]1O[C@@H](O)[C@H](OP(c1ccc(F)cc1)c1ccc(F)cc1)[C@H]2OP(c1ccc(F)cc1)c1ccc(F)cc1. The molecule has 2 aliphatic rings. The van der Waals surface area contributed by atoms with Crippen LogP contribution in [-0.2, 0) is 13.8 Å². The first kappa shape index (κ1) is 33.9. The van der Waals surface area contributed by atoms with Gasteiger partial charge in [-0.3, -0.25) is 0 Å². The Morgan fingerprint density at radius 1 is 0.551 bits per heavy atom. The second-order valence-corrected chi connectivity index (χ2v) is 15.5. The Labute approximate surface area is 282 Å². The van der Waals surface area contributed by atoms with Gasteiger partial charge in [-0.05, 0) is 103 Å². The molecule has 0 spiro atoms. The molecule has 3 N–H and O–H groups in total. The number of hydrogen-bond acceptors (Lipinski definition) is 6. The van der Waals surface area contributed by atoms with Gasteiger partial charge in [-0.15, -0.1) is 0 Å². The minimum Gasteiger partial charge on any atom is -0.390 e. The Bertz CT molecular complexity index is 1780. The van der Waals surface area contributed by atoms with Gasteiger partial charge in [0.05, 0.1) is 22.4 Å². The maximum atomic E-state index is 14.1. The van der Waals surface area contributed by atoms with Gasteiger partial charge in [-0.25, -0.2) is 17.6 Å². The highest BCUT2D eigenvalue weighted by Crippen LogP contribution is 2.58. The normalized spacial score (nSPS) is 26.4. The van der Waals surface area contributed by atoms with Crippen LogP contribution in [0.15, 0.2) is 127 Å². The third-order valence-corrected chi connectivity index (χ3v) is 12.7. The lowest BCUT2D eigenvalue weighted by Gasteiger charge is -2.63. The first-order chi connectivity index (χ1) is 23.6. The van der Waals surface area contributed by atoms with Crippen LogP contribution < -0.4 is 21.2 Å². The van der Waals surface area contributed by atoms with Crippen LogP contribution in [0, 0.1) is 23.3 Å². The number of ether oxygens (including phenoxy) is 1. The quantitative estimate of drug-likeness (QED) is 0.148. The maximum absolute atomic E-state index is 14.1. The molecular formula is C37H30F4O6P2. The van der Waals surface area contributed by atoms with Crippen molar-refractivity contribution < 1.29 is 46.7 Å². The number of aliphatic hydroxyl groups excluding tert-OH is 2. The molecule has 2 unspecified atom stereocenters. The van der Waals surface area contributed by atoms with Crippen molar-refractivity contribution in [1.29, 1.82) is 0 Å². The summed E-state index contributed by atoms with van der Waals surface area (Å²) in [6.07, 6.45) is -7.15. The molecule has 0 aromatic heterocycles. The number of halogens is 4. The van der Waals surface area contributed by atoms with Crippen LogP contribution in [-0.4, -0.2) is 51.6 Å². The zero-order chi connectivity index (χ0) is 34.3. The summed E-state index contributed by atoms with van der Waals surface area (Å²) >= 11 is 0. The van der Waals surface area contributed by atoms with Crippen LogP contribution in [0.5, 0.6) is 0 Å². The third kappa shape index (κ3) is 6.56. The molecule has 5 aromatic carbocycles. The van der Waals surface area contributed by atoms with Crippen molar-refractivity contribution in [3.63, 3.8) is 0 Å². The molecule has 252 valence electrons. The molecule has 0 bridgehead atoms. The second-order valence-electron chi connectivity index (χ2n) is 11.8. The van der Waals surface area contributed by atoms with E-state index in [1.54, 1.807) is 30.3 Å². The van der Waals surface area contributed by atoms with Crippen LogP contribution in [0.3, 0.4) is 0 Å². The lowest BCUT2D eigenvalue weighted by Crippen LogP contribution is -2.80. The fourth-order valence-electron chi connectivity index (χ4n) is 6.41. The van der Waals surface area contributed by atoms with Gasteiger partial charge < -0.3 is 29.1 Å². The number of rotatable bonds is 9. The summed E-state index contributed by atoms with van der Waals surface area (Å²) < 4.78 is 75.7. The Morgan fingerprint density at radius 2 is 0.939 bits per heavy atom. The standard InChI is InChI=1S/C37H30F4O6P2/c38-23-6-14-27(15-7-23)48(28-16-8-24(39)9-17-28)46-33-35(37(44)31(22-4-2-1-3-5-22)32(42)34(37)45-36(33)43)47-49(29-18-10-25(40)11-19-29)30-20-12-26(41)13-21-30/h1-21,31-36,42-44H/t31?,32?,33-,34-,35-,36-,37-/m1/s1. The van der Waals surface area contributed by atoms with Crippen LogP contribution in [0.25, 0.3) is 0 Å². The van der Waals surface area contributed by atoms with Crippen LogP contribution in [0.2, 0.25) is 0 Å². The van der Waals surface area contributed by atoms with E-state index in [1.165, 1.54) is 97.1 Å². The van der Waals surface area contributed by atoms with Gasteiger partial charge in [0.1, 0.15) is 47.2 Å². The average Bonchev–Trinajstić information content (AvgIpc) is 3.11. The van der Waals surface area contributed by atoms with Gasteiger partial charge >= 0.3 is 0 Å². The highest BCUT2D eigenvalue weighted by atomic mass is 31.1. The van der Waals surface area contributed by atoms with Crippen molar-refractivity contribution in [3.05, 3.63) is 156 Å². The van der Waals surface area contributed by atoms with Gasteiger partial charge in [0.15, 0.2) is 6.29 Å². The summed E-state index contributed by atoms with van der Waals surface area (Å²) in [6, 6.07) is 30.9. The molecule has 1 aliphatic heterocycles. The monoisotopic (exact) mass is 708 g/mol. The Kier molecular flexibility index (Phi) is 9.68. The molecule has 1 saturated carbocycles. The summed E-state index contributed by atoms with van der Waals surface area (Å²) in [7, 11) is -3.87. The molecule has 7 atom stereocenters. The van der Waals surface area contributed by atoms with Crippen molar-refractivity contribution in [2.75, 3.05) is 0 Å². The Hall–Kier alpha value is -3.56. The van der Waals surface area contributed by atoms with Crippen molar-refractivity contribution in [2.45, 2.75) is 42.2 Å². The molecule has 12 heteroatoms. The van der Waals surface area contributed by atoms with Crippen molar-refractivity contribution in [3.8, 4) is 0 Å². The Balaban J connectivity index is 1.36. The van der Waals surface area contributed by atoms with E-state index >= 15 is 0 Å². The summed E-state index contributed by atoms with van der Waals surface area (Å²) in [5, 5.41) is 37.6. The van der Waals surface area contributed by atoms with Crippen molar-refractivity contribution in [2.24, 2.45) is 0 Å². The summed E-state index contributed by atoms with van der Waals surface area (Å²) in [5.41, 5.74) is -1.41. The zero-order valence-corrected chi connectivity index (χ0v) is 27.3. The molecule has 6 nitrogen and oxygen atoms in total. The first-order valence-corrected chi connectivity index (χ1v) is 17.9. The largest absolute Gasteiger partial charge is 0.390 e.